The van der Waals surface area contributed by atoms with Crippen molar-refractivity contribution >= 4 is 19.7 Å². The minimum absolute atomic E-state index is 0.0914. The highest BCUT2D eigenvalue weighted by atomic mass is 35.7. The van der Waals surface area contributed by atoms with E-state index < -0.39 is 14.7 Å². The Balaban J connectivity index is 2.59. The lowest BCUT2D eigenvalue weighted by atomic mass is 9.78. The van der Waals surface area contributed by atoms with Crippen LogP contribution in [0.5, 0.6) is 0 Å². The number of hydrogen-bond donors (Lipinski definition) is 0. The van der Waals surface area contributed by atoms with E-state index >= 15 is 0 Å². The van der Waals surface area contributed by atoms with Gasteiger partial charge in [0.15, 0.2) is 0 Å². The van der Waals surface area contributed by atoms with Crippen LogP contribution in [0.15, 0.2) is 0 Å². The van der Waals surface area contributed by atoms with Crippen molar-refractivity contribution < 1.29 is 13.2 Å². The molecule has 0 aliphatic heterocycles. The van der Waals surface area contributed by atoms with Gasteiger partial charge >= 0.3 is 0 Å². The lowest BCUT2D eigenvalue weighted by Crippen LogP contribution is -2.39. The van der Waals surface area contributed by atoms with E-state index in [1.807, 2.05) is 13.8 Å². The lowest BCUT2D eigenvalue weighted by Gasteiger charge is -2.36. The highest BCUT2D eigenvalue weighted by Crippen LogP contribution is 2.36. The zero-order chi connectivity index (χ0) is 11.5. The van der Waals surface area contributed by atoms with Gasteiger partial charge in [0.1, 0.15) is 0 Å². The van der Waals surface area contributed by atoms with Gasteiger partial charge in [-0.2, -0.15) is 0 Å². The van der Waals surface area contributed by atoms with E-state index in [0.717, 1.165) is 6.42 Å². The maximum atomic E-state index is 11.1. The first-order chi connectivity index (χ1) is 6.85. The van der Waals surface area contributed by atoms with Gasteiger partial charge in [0, 0.05) is 17.3 Å². The normalized spacial score (nSPS) is 22.1. The maximum absolute atomic E-state index is 11.1. The average Bonchev–Trinajstić information content (AvgIpc) is 1.94. The second-order valence-electron chi connectivity index (χ2n) is 4.57. The molecule has 5 heteroatoms. The fourth-order valence-electron chi connectivity index (χ4n) is 2.18. The summed E-state index contributed by atoms with van der Waals surface area (Å²) in [6.07, 6.45) is 4.42. The first-order valence-corrected chi connectivity index (χ1v) is 7.89. The van der Waals surface area contributed by atoms with Crippen molar-refractivity contribution in [2.24, 2.45) is 5.92 Å². The minimum Gasteiger partial charge on any atom is -0.374 e. The van der Waals surface area contributed by atoms with Crippen LogP contribution in [0.2, 0.25) is 0 Å². The molecule has 0 radical (unpaired) electrons. The summed E-state index contributed by atoms with van der Waals surface area (Å²) < 4.78 is 27.7. The molecule has 0 saturated heterocycles. The van der Waals surface area contributed by atoms with Crippen molar-refractivity contribution in [3.8, 4) is 0 Å². The topological polar surface area (TPSA) is 43.4 Å². The van der Waals surface area contributed by atoms with E-state index in [1.165, 1.54) is 19.3 Å². The summed E-state index contributed by atoms with van der Waals surface area (Å²) in [5.74, 6) is 0.520. The summed E-state index contributed by atoms with van der Waals surface area (Å²) >= 11 is 0. The largest absolute Gasteiger partial charge is 0.374 e. The van der Waals surface area contributed by atoms with Gasteiger partial charge in [-0.3, -0.25) is 0 Å². The van der Waals surface area contributed by atoms with Crippen LogP contribution >= 0.6 is 10.7 Å². The van der Waals surface area contributed by atoms with Crippen LogP contribution in [0.4, 0.5) is 0 Å². The summed E-state index contributed by atoms with van der Waals surface area (Å²) in [6.45, 7) is 4.24. The molecule has 0 aromatic rings. The molecule has 3 nitrogen and oxygen atoms in total. The van der Waals surface area contributed by atoms with Crippen molar-refractivity contribution in [2.45, 2.75) is 45.1 Å². The molecule has 0 spiro atoms. The molecule has 0 heterocycles. The fraction of sp³-hybridized carbons (Fsp3) is 1.00. The van der Waals surface area contributed by atoms with Crippen molar-refractivity contribution in [2.75, 3.05) is 12.4 Å². The van der Waals surface area contributed by atoms with Gasteiger partial charge in [0.25, 0.3) is 0 Å². The van der Waals surface area contributed by atoms with E-state index in [-0.39, 0.29) is 5.75 Å². The summed E-state index contributed by atoms with van der Waals surface area (Å²) in [6, 6.07) is 0. The molecule has 1 fully saturated rings. The number of rotatable bonds is 6. The smallest absolute Gasteiger partial charge is 0.235 e. The molecule has 0 N–H and O–H groups in total. The van der Waals surface area contributed by atoms with Crippen molar-refractivity contribution in [3.63, 3.8) is 0 Å². The second-order valence-corrected chi connectivity index (χ2v) is 7.34. The van der Waals surface area contributed by atoms with E-state index in [1.54, 1.807) is 0 Å². The maximum Gasteiger partial charge on any atom is 0.235 e. The number of hydrogen-bond acceptors (Lipinski definition) is 3. The molecule has 1 atom stereocenters. The molecule has 1 aliphatic carbocycles. The van der Waals surface area contributed by atoms with Crippen LogP contribution in [0, 0.1) is 5.92 Å². The molecule has 90 valence electrons. The Labute approximate surface area is 96.6 Å². The van der Waals surface area contributed by atoms with Gasteiger partial charge in [-0.05, 0) is 26.2 Å². The molecule has 15 heavy (non-hydrogen) atoms. The first kappa shape index (κ1) is 13.3. The first-order valence-electron chi connectivity index (χ1n) is 5.41. The Morgan fingerprint density at radius 3 is 2.40 bits per heavy atom. The highest BCUT2D eigenvalue weighted by Gasteiger charge is 2.35. The van der Waals surface area contributed by atoms with E-state index in [9.17, 15) is 8.42 Å². The number of halogens is 1. The standard InChI is InChI=1S/C10H19ClO3S/c1-3-14-10(2,8-15(11,12)13)7-9-5-4-6-9/h9H,3-8H2,1-2H3. The molecule has 1 rings (SSSR count). The van der Waals surface area contributed by atoms with Crippen LogP contribution < -0.4 is 0 Å². The average molecular weight is 255 g/mol. The summed E-state index contributed by atoms with van der Waals surface area (Å²) in [4.78, 5) is 0. The van der Waals surface area contributed by atoms with Crippen LogP contribution in [-0.4, -0.2) is 26.4 Å². The van der Waals surface area contributed by atoms with Gasteiger partial charge in [0.2, 0.25) is 9.05 Å². The van der Waals surface area contributed by atoms with Crippen molar-refractivity contribution in [3.05, 3.63) is 0 Å². The van der Waals surface area contributed by atoms with Gasteiger partial charge in [-0.15, -0.1) is 0 Å². The third kappa shape index (κ3) is 4.70. The lowest BCUT2D eigenvalue weighted by molar-refractivity contribution is -0.0323. The molecule has 0 amide bonds. The van der Waals surface area contributed by atoms with Crippen molar-refractivity contribution in [1.82, 2.24) is 0 Å². The zero-order valence-electron chi connectivity index (χ0n) is 9.33. The third-order valence-corrected chi connectivity index (χ3v) is 4.20. The molecule has 0 aromatic heterocycles. The Hall–Kier alpha value is 0.200. The van der Waals surface area contributed by atoms with Gasteiger partial charge in [-0.1, -0.05) is 19.3 Å². The summed E-state index contributed by atoms with van der Waals surface area (Å²) in [5, 5.41) is 0. The van der Waals surface area contributed by atoms with E-state index in [4.69, 9.17) is 15.4 Å². The third-order valence-electron chi connectivity index (χ3n) is 2.92. The molecular formula is C10H19ClO3S. The molecular weight excluding hydrogens is 236 g/mol. The summed E-state index contributed by atoms with van der Waals surface area (Å²) in [5.41, 5.74) is -0.611. The van der Waals surface area contributed by atoms with Crippen LogP contribution in [0.3, 0.4) is 0 Å². The Kier molecular flexibility index (Phi) is 4.44. The van der Waals surface area contributed by atoms with Crippen LogP contribution in [-0.2, 0) is 13.8 Å². The molecule has 1 saturated carbocycles. The minimum atomic E-state index is -3.49. The highest BCUT2D eigenvalue weighted by molar-refractivity contribution is 8.13. The SMILES string of the molecule is CCOC(C)(CC1CCC1)CS(=O)(=O)Cl. The predicted molar refractivity (Wildman–Crippen MR) is 61.6 cm³/mol. The monoisotopic (exact) mass is 254 g/mol. The van der Waals surface area contributed by atoms with Crippen LogP contribution in [0.1, 0.15) is 39.5 Å². The van der Waals surface area contributed by atoms with Gasteiger partial charge in [-0.25, -0.2) is 8.42 Å². The molecule has 0 aromatic carbocycles. The van der Waals surface area contributed by atoms with Crippen LogP contribution in [0.25, 0.3) is 0 Å². The Bertz CT molecular complexity index is 298. The van der Waals surface area contributed by atoms with Gasteiger partial charge < -0.3 is 4.74 Å². The number of ether oxygens (including phenoxy) is 1. The van der Waals surface area contributed by atoms with E-state index in [0.29, 0.717) is 12.5 Å². The van der Waals surface area contributed by atoms with Crippen molar-refractivity contribution in [1.29, 1.82) is 0 Å². The second kappa shape index (κ2) is 5.02. The molecule has 0 bridgehead atoms. The van der Waals surface area contributed by atoms with E-state index in [2.05, 4.69) is 0 Å². The fourth-order valence-corrected chi connectivity index (χ4v) is 3.80. The quantitative estimate of drug-likeness (QED) is 0.684. The zero-order valence-corrected chi connectivity index (χ0v) is 10.9. The Morgan fingerprint density at radius 1 is 1.47 bits per heavy atom. The molecule has 1 aliphatic rings. The van der Waals surface area contributed by atoms with Gasteiger partial charge in [0.05, 0.1) is 11.4 Å². The Morgan fingerprint density at radius 2 is 2.07 bits per heavy atom. The predicted octanol–water partition coefficient (Wildman–Crippen LogP) is 2.54. The molecule has 1 unspecified atom stereocenters. The summed E-state index contributed by atoms with van der Waals surface area (Å²) in [7, 11) is 1.80.